The Kier molecular flexibility index (Phi) is 5.17. The first-order chi connectivity index (χ1) is 9.90. The van der Waals surface area contributed by atoms with E-state index in [-0.39, 0.29) is 16.7 Å². The molecule has 0 spiro atoms. The van der Waals surface area contributed by atoms with Crippen LogP contribution in [0.25, 0.3) is 0 Å². The van der Waals surface area contributed by atoms with Gasteiger partial charge in [0.2, 0.25) is 10.0 Å². The van der Waals surface area contributed by atoms with Crippen molar-refractivity contribution in [2.45, 2.75) is 56.9 Å². The number of carbonyl (C=O) groups is 1. The maximum atomic E-state index is 12.5. The topological polar surface area (TPSA) is 63.2 Å². The van der Waals surface area contributed by atoms with Crippen LogP contribution in [0.4, 0.5) is 0 Å². The van der Waals surface area contributed by atoms with Crippen molar-refractivity contribution in [2.24, 2.45) is 5.92 Å². The van der Waals surface area contributed by atoms with Crippen LogP contribution < -0.4 is 4.72 Å². The van der Waals surface area contributed by atoms with Gasteiger partial charge in [0.15, 0.2) is 5.78 Å². The summed E-state index contributed by atoms with van der Waals surface area (Å²) in [6.45, 7) is 3.54. The summed E-state index contributed by atoms with van der Waals surface area (Å²) in [5, 5.41) is 0. The lowest BCUT2D eigenvalue weighted by Crippen LogP contribution is -2.38. The predicted molar refractivity (Wildman–Crippen MR) is 82.8 cm³/mol. The van der Waals surface area contributed by atoms with Crippen LogP contribution in [0.5, 0.6) is 0 Å². The summed E-state index contributed by atoms with van der Waals surface area (Å²) >= 11 is 0. The highest BCUT2D eigenvalue weighted by atomic mass is 32.2. The van der Waals surface area contributed by atoms with Gasteiger partial charge in [0.25, 0.3) is 0 Å². The van der Waals surface area contributed by atoms with E-state index in [4.69, 9.17) is 0 Å². The minimum atomic E-state index is -3.57. The van der Waals surface area contributed by atoms with Crippen LogP contribution in [0.15, 0.2) is 29.2 Å². The van der Waals surface area contributed by atoms with E-state index in [9.17, 15) is 13.2 Å². The van der Waals surface area contributed by atoms with Crippen molar-refractivity contribution >= 4 is 15.8 Å². The molecule has 1 aromatic carbocycles. The van der Waals surface area contributed by atoms with Gasteiger partial charge in [-0.2, -0.15) is 0 Å². The van der Waals surface area contributed by atoms with Gasteiger partial charge in [0.1, 0.15) is 0 Å². The van der Waals surface area contributed by atoms with Crippen molar-refractivity contribution in [3.8, 4) is 0 Å². The molecule has 1 fully saturated rings. The average molecular weight is 309 g/mol. The second-order valence-electron chi connectivity index (χ2n) is 5.93. The van der Waals surface area contributed by atoms with E-state index in [2.05, 4.69) is 11.6 Å². The fraction of sp³-hybridized carbons (Fsp3) is 0.562. The Labute approximate surface area is 127 Å². The summed E-state index contributed by atoms with van der Waals surface area (Å²) in [6, 6.07) is 6.22. The minimum Gasteiger partial charge on any atom is -0.295 e. The number of benzene rings is 1. The molecule has 0 heterocycles. The van der Waals surface area contributed by atoms with Crippen molar-refractivity contribution in [3.63, 3.8) is 0 Å². The summed E-state index contributed by atoms with van der Waals surface area (Å²) in [5.41, 5.74) is 0.423. The summed E-state index contributed by atoms with van der Waals surface area (Å²) in [7, 11) is -3.57. The number of hydrogen-bond acceptors (Lipinski definition) is 3. The van der Waals surface area contributed by atoms with Crippen LogP contribution in [-0.2, 0) is 10.0 Å². The fourth-order valence-corrected chi connectivity index (χ4v) is 4.24. The molecule has 116 valence electrons. The molecular formula is C16H23NO3S. The van der Waals surface area contributed by atoms with E-state index in [1.54, 1.807) is 12.1 Å². The Morgan fingerprint density at radius 1 is 1.19 bits per heavy atom. The van der Waals surface area contributed by atoms with Crippen LogP contribution in [-0.4, -0.2) is 20.2 Å². The Morgan fingerprint density at radius 3 is 2.62 bits per heavy atom. The standard InChI is InChI=1S/C16H23NO3S/c1-12-7-4-3-5-10-16(12)17-21(19,20)15-9-6-8-14(11-15)13(2)18/h6,8-9,11-12,16-17H,3-5,7,10H2,1-2H3. The molecule has 0 aliphatic heterocycles. The molecule has 1 aliphatic rings. The van der Waals surface area contributed by atoms with Crippen molar-refractivity contribution in [1.82, 2.24) is 4.72 Å². The highest BCUT2D eigenvalue weighted by molar-refractivity contribution is 7.89. The van der Waals surface area contributed by atoms with Crippen molar-refractivity contribution in [1.29, 1.82) is 0 Å². The highest BCUT2D eigenvalue weighted by Crippen LogP contribution is 2.24. The molecule has 1 saturated carbocycles. The molecule has 1 N–H and O–H groups in total. The molecule has 1 aliphatic carbocycles. The molecule has 2 atom stereocenters. The molecule has 0 amide bonds. The number of rotatable bonds is 4. The smallest absolute Gasteiger partial charge is 0.240 e. The quantitative estimate of drug-likeness (QED) is 0.686. The number of carbonyl (C=O) groups excluding carboxylic acids is 1. The number of nitrogens with one attached hydrogen (secondary N) is 1. The Balaban J connectivity index is 2.21. The van der Waals surface area contributed by atoms with E-state index in [0.717, 1.165) is 19.3 Å². The third-order valence-electron chi connectivity index (χ3n) is 4.22. The predicted octanol–water partition coefficient (Wildman–Crippen LogP) is 3.14. The monoisotopic (exact) mass is 309 g/mol. The zero-order valence-electron chi connectivity index (χ0n) is 12.6. The van der Waals surface area contributed by atoms with Crippen LogP contribution in [0.1, 0.15) is 56.3 Å². The molecule has 2 rings (SSSR count). The van der Waals surface area contributed by atoms with E-state index in [0.29, 0.717) is 11.5 Å². The molecule has 21 heavy (non-hydrogen) atoms. The fourth-order valence-electron chi connectivity index (χ4n) is 2.82. The normalized spacial score (nSPS) is 23.5. The number of ketones is 1. The second kappa shape index (κ2) is 6.71. The molecule has 1 aromatic rings. The van der Waals surface area contributed by atoms with Gasteiger partial charge in [-0.1, -0.05) is 38.3 Å². The Bertz CT molecular complexity index is 610. The van der Waals surface area contributed by atoms with E-state index < -0.39 is 10.0 Å². The third-order valence-corrected chi connectivity index (χ3v) is 5.71. The molecule has 0 aromatic heterocycles. The highest BCUT2D eigenvalue weighted by Gasteiger charge is 2.26. The number of hydrogen-bond donors (Lipinski definition) is 1. The lowest BCUT2D eigenvalue weighted by molar-refractivity contribution is 0.101. The molecule has 4 nitrogen and oxygen atoms in total. The van der Waals surface area contributed by atoms with Crippen LogP contribution >= 0.6 is 0 Å². The second-order valence-corrected chi connectivity index (χ2v) is 7.64. The Morgan fingerprint density at radius 2 is 1.90 bits per heavy atom. The zero-order valence-corrected chi connectivity index (χ0v) is 13.4. The van der Waals surface area contributed by atoms with Gasteiger partial charge in [-0.3, -0.25) is 4.79 Å². The Hall–Kier alpha value is -1.20. The van der Waals surface area contributed by atoms with Gasteiger partial charge in [-0.05, 0) is 37.8 Å². The van der Waals surface area contributed by atoms with Crippen molar-refractivity contribution in [2.75, 3.05) is 0 Å². The summed E-state index contributed by atoms with van der Waals surface area (Å²) in [5.74, 6) is 0.216. The molecular weight excluding hydrogens is 286 g/mol. The largest absolute Gasteiger partial charge is 0.295 e. The van der Waals surface area contributed by atoms with Gasteiger partial charge in [-0.25, -0.2) is 13.1 Å². The maximum Gasteiger partial charge on any atom is 0.240 e. The van der Waals surface area contributed by atoms with Crippen molar-refractivity contribution < 1.29 is 13.2 Å². The minimum absolute atomic E-state index is 0.0153. The number of Topliss-reactive ketones (excluding diaryl/α,β-unsaturated/α-hetero) is 1. The third kappa shape index (κ3) is 4.14. The molecule has 0 bridgehead atoms. The summed E-state index contributed by atoms with van der Waals surface area (Å²) < 4.78 is 27.8. The van der Waals surface area contributed by atoms with Crippen LogP contribution in [0.3, 0.4) is 0 Å². The van der Waals surface area contributed by atoms with Gasteiger partial charge >= 0.3 is 0 Å². The lowest BCUT2D eigenvalue weighted by atomic mass is 9.98. The molecule has 0 radical (unpaired) electrons. The molecule has 0 saturated heterocycles. The van der Waals surface area contributed by atoms with E-state index in [1.807, 2.05) is 0 Å². The number of sulfonamides is 1. The zero-order chi connectivity index (χ0) is 15.5. The van der Waals surface area contributed by atoms with Gasteiger partial charge in [0.05, 0.1) is 4.90 Å². The first-order valence-electron chi connectivity index (χ1n) is 7.53. The van der Waals surface area contributed by atoms with Gasteiger partial charge in [0, 0.05) is 11.6 Å². The molecule has 5 heteroatoms. The van der Waals surface area contributed by atoms with Crippen LogP contribution in [0.2, 0.25) is 0 Å². The van der Waals surface area contributed by atoms with Crippen LogP contribution in [0, 0.1) is 5.92 Å². The first-order valence-corrected chi connectivity index (χ1v) is 9.02. The summed E-state index contributed by atoms with van der Waals surface area (Å²) in [4.78, 5) is 11.6. The van der Waals surface area contributed by atoms with E-state index >= 15 is 0 Å². The van der Waals surface area contributed by atoms with Gasteiger partial charge < -0.3 is 0 Å². The maximum absolute atomic E-state index is 12.5. The SMILES string of the molecule is CC(=O)c1cccc(S(=O)(=O)NC2CCCCCC2C)c1. The average Bonchev–Trinajstić information content (AvgIpc) is 2.64. The summed E-state index contributed by atoms with van der Waals surface area (Å²) in [6.07, 6.45) is 5.33. The van der Waals surface area contributed by atoms with Crippen molar-refractivity contribution in [3.05, 3.63) is 29.8 Å². The van der Waals surface area contributed by atoms with E-state index in [1.165, 1.54) is 31.9 Å². The molecule has 2 unspecified atom stereocenters. The van der Waals surface area contributed by atoms with Gasteiger partial charge in [-0.15, -0.1) is 0 Å². The first kappa shape index (κ1) is 16.2. The lowest BCUT2D eigenvalue weighted by Gasteiger charge is -2.22.